The second-order valence-electron chi connectivity index (χ2n) is 5.83. The van der Waals surface area contributed by atoms with Crippen molar-refractivity contribution in [1.82, 2.24) is 15.3 Å². The third kappa shape index (κ3) is 5.72. The molecule has 12 heteroatoms. The van der Waals surface area contributed by atoms with Crippen molar-refractivity contribution in [1.29, 1.82) is 0 Å². The van der Waals surface area contributed by atoms with Crippen molar-refractivity contribution in [2.45, 2.75) is 18.9 Å². The van der Waals surface area contributed by atoms with Crippen molar-refractivity contribution in [3.8, 4) is 0 Å². The van der Waals surface area contributed by atoms with E-state index in [1.165, 1.54) is 6.20 Å². The number of halogens is 6. The molecule has 1 aromatic heterocycles. The smallest absolute Gasteiger partial charge is 0.363 e. The fourth-order valence-corrected chi connectivity index (χ4v) is 2.08. The molecule has 0 spiro atoms. The summed E-state index contributed by atoms with van der Waals surface area (Å²) in [5.74, 6) is 0.765. The Morgan fingerprint density at radius 1 is 1.04 bits per heavy atom. The second-order valence-corrected chi connectivity index (χ2v) is 5.83. The molecular formula is C16H15F6N5O. The van der Waals surface area contributed by atoms with Crippen molar-refractivity contribution in [3.63, 3.8) is 0 Å². The van der Waals surface area contributed by atoms with Crippen LogP contribution in [0.15, 0.2) is 30.5 Å². The molecule has 0 aliphatic rings. The Balaban J connectivity index is 2.14. The summed E-state index contributed by atoms with van der Waals surface area (Å²) in [6, 6.07) is 1.41. The molecule has 0 aliphatic carbocycles. The molecular weight excluding hydrogens is 392 g/mol. The van der Waals surface area contributed by atoms with Crippen molar-refractivity contribution in [3.05, 3.63) is 47.4 Å². The summed E-state index contributed by atoms with van der Waals surface area (Å²) < 4.78 is 77.0. The van der Waals surface area contributed by atoms with Crippen LogP contribution in [-0.4, -0.2) is 30.1 Å². The number of nitrogens with zero attached hydrogens (tertiary/aromatic N) is 3. The molecule has 6 nitrogen and oxygen atoms in total. The number of aromatic nitrogens is 2. The number of amides is 2. The Bertz CT molecular complexity index is 818. The SMILES string of the molecule is CN(C)c1ccnc(CNC(=O)Nc2cc(C(F)(F)F)cc(C(F)(F)F)c2)n1. The molecule has 2 aromatic rings. The first-order valence-corrected chi connectivity index (χ1v) is 7.70. The highest BCUT2D eigenvalue weighted by Gasteiger charge is 2.37. The Kier molecular flexibility index (Phi) is 6.00. The van der Waals surface area contributed by atoms with E-state index in [1.807, 2.05) is 5.32 Å². The predicted octanol–water partition coefficient (Wildman–Crippen LogP) is 3.90. The van der Waals surface area contributed by atoms with Gasteiger partial charge in [-0.2, -0.15) is 26.3 Å². The highest BCUT2D eigenvalue weighted by Crippen LogP contribution is 2.37. The molecule has 28 heavy (non-hydrogen) atoms. The molecule has 0 saturated carbocycles. The van der Waals surface area contributed by atoms with Crippen LogP contribution >= 0.6 is 0 Å². The summed E-state index contributed by atoms with van der Waals surface area (Å²) in [6.07, 6.45) is -8.57. The number of alkyl halides is 6. The van der Waals surface area contributed by atoms with E-state index in [9.17, 15) is 31.1 Å². The predicted molar refractivity (Wildman–Crippen MR) is 88.7 cm³/mol. The van der Waals surface area contributed by atoms with E-state index in [4.69, 9.17) is 0 Å². The first-order valence-electron chi connectivity index (χ1n) is 7.70. The number of nitrogens with one attached hydrogen (secondary N) is 2. The number of carbonyl (C=O) groups excluding carboxylic acids is 1. The Hall–Kier alpha value is -3.05. The van der Waals surface area contributed by atoms with Crippen LogP contribution in [0.1, 0.15) is 17.0 Å². The lowest BCUT2D eigenvalue weighted by atomic mass is 10.1. The Morgan fingerprint density at radius 3 is 2.11 bits per heavy atom. The van der Waals surface area contributed by atoms with Gasteiger partial charge in [0.15, 0.2) is 0 Å². The zero-order valence-electron chi connectivity index (χ0n) is 14.6. The van der Waals surface area contributed by atoms with Crippen molar-refractivity contribution in [2.24, 2.45) is 0 Å². The van der Waals surface area contributed by atoms with Crippen LogP contribution in [0.25, 0.3) is 0 Å². The minimum atomic E-state index is -5.01. The van der Waals surface area contributed by atoms with Gasteiger partial charge >= 0.3 is 18.4 Å². The number of anilines is 2. The van der Waals surface area contributed by atoms with Crippen LogP contribution in [0.2, 0.25) is 0 Å². The van der Waals surface area contributed by atoms with E-state index in [1.54, 1.807) is 25.1 Å². The standard InChI is InChI=1S/C16H15F6N5O/c1-27(2)13-3-4-23-12(26-13)8-24-14(28)25-11-6-9(15(17,18)19)5-10(7-11)16(20,21)22/h3-7H,8H2,1-2H3,(H2,24,25,28). The van der Waals surface area contributed by atoms with Gasteiger partial charge in [0.25, 0.3) is 0 Å². The van der Waals surface area contributed by atoms with Gasteiger partial charge in [-0.3, -0.25) is 0 Å². The van der Waals surface area contributed by atoms with Crippen molar-refractivity contribution < 1.29 is 31.1 Å². The van der Waals surface area contributed by atoms with Gasteiger partial charge < -0.3 is 15.5 Å². The lowest BCUT2D eigenvalue weighted by Gasteiger charge is -2.15. The summed E-state index contributed by atoms with van der Waals surface area (Å²) in [7, 11) is 3.47. The summed E-state index contributed by atoms with van der Waals surface area (Å²) in [4.78, 5) is 21.6. The molecule has 0 unspecified atom stereocenters. The van der Waals surface area contributed by atoms with E-state index in [0.29, 0.717) is 18.0 Å². The molecule has 0 radical (unpaired) electrons. The quantitative estimate of drug-likeness (QED) is 0.755. The molecule has 2 rings (SSSR count). The Labute approximate surface area is 155 Å². The fourth-order valence-electron chi connectivity index (χ4n) is 2.08. The highest BCUT2D eigenvalue weighted by atomic mass is 19.4. The molecule has 1 aromatic carbocycles. The zero-order chi connectivity index (χ0) is 21.1. The van der Waals surface area contributed by atoms with Crippen LogP contribution in [-0.2, 0) is 18.9 Å². The van der Waals surface area contributed by atoms with E-state index in [2.05, 4.69) is 15.3 Å². The topological polar surface area (TPSA) is 70.2 Å². The zero-order valence-corrected chi connectivity index (χ0v) is 14.6. The molecule has 0 aliphatic heterocycles. The van der Waals surface area contributed by atoms with Crippen LogP contribution in [0.3, 0.4) is 0 Å². The molecule has 2 N–H and O–H groups in total. The number of hydrogen-bond acceptors (Lipinski definition) is 4. The summed E-state index contributed by atoms with van der Waals surface area (Å²) in [5.41, 5.74) is -3.71. The van der Waals surface area contributed by atoms with E-state index >= 15 is 0 Å². The molecule has 152 valence electrons. The number of hydrogen-bond donors (Lipinski definition) is 2. The fraction of sp³-hybridized carbons (Fsp3) is 0.312. The van der Waals surface area contributed by atoms with Crippen LogP contribution in [0.4, 0.5) is 42.6 Å². The Morgan fingerprint density at radius 2 is 1.61 bits per heavy atom. The number of benzene rings is 1. The number of urea groups is 1. The first kappa shape index (κ1) is 21.3. The highest BCUT2D eigenvalue weighted by molar-refractivity contribution is 5.89. The van der Waals surface area contributed by atoms with E-state index in [0.717, 1.165) is 0 Å². The van der Waals surface area contributed by atoms with Gasteiger partial charge in [0, 0.05) is 26.0 Å². The van der Waals surface area contributed by atoms with Gasteiger partial charge in [0.1, 0.15) is 11.6 Å². The minimum Gasteiger partial charge on any atom is -0.363 e. The normalized spacial score (nSPS) is 11.9. The second kappa shape index (κ2) is 7.90. The average Bonchev–Trinajstić information content (AvgIpc) is 2.58. The molecule has 2 amide bonds. The van der Waals surface area contributed by atoms with Crippen LogP contribution in [0, 0.1) is 0 Å². The number of carbonyl (C=O) groups is 1. The lowest BCUT2D eigenvalue weighted by molar-refractivity contribution is -0.143. The van der Waals surface area contributed by atoms with Crippen molar-refractivity contribution >= 4 is 17.5 Å². The van der Waals surface area contributed by atoms with Gasteiger partial charge in [-0.1, -0.05) is 0 Å². The summed E-state index contributed by atoms with van der Waals surface area (Å²) in [6.45, 7) is -0.182. The van der Waals surface area contributed by atoms with Gasteiger partial charge in [-0.25, -0.2) is 14.8 Å². The van der Waals surface area contributed by atoms with Crippen LogP contribution in [0.5, 0.6) is 0 Å². The van der Waals surface area contributed by atoms with E-state index in [-0.39, 0.29) is 18.4 Å². The maximum absolute atomic E-state index is 12.8. The molecule has 0 bridgehead atoms. The third-order valence-electron chi connectivity index (χ3n) is 3.40. The lowest BCUT2D eigenvalue weighted by Crippen LogP contribution is -2.29. The minimum absolute atomic E-state index is 0.0241. The summed E-state index contributed by atoms with van der Waals surface area (Å²) in [5, 5.41) is 4.23. The number of rotatable bonds is 4. The largest absolute Gasteiger partial charge is 0.416 e. The maximum atomic E-state index is 12.8. The van der Waals surface area contributed by atoms with Gasteiger partial charge in [-0.05, 0) is 24.3 Å². The average molecular weight is 407 g/mol. The van der Waals surface area contributed by atoms with E-state index < -0.39 is 35.2 Å². The van der Waals surface area contributed by atoms with Gasteiger partial charge in [0.05, 0.1) is 17.7 Å². The third-order valence-corrected chi connectivity index (χ3v) is 3.40. The maximum Gasteiger partial charge on any atom is 0.416 e. The van der Waals surface area contributed by atoms with Gasteiger partial charge in [0.2, 0.25) is 0 Å². The van der Waals surface area contributed by atoms with Crippen molar-refractivity contribution in [2.75, 3.05) is 24.3 Å². The summed E-state index contributed by atoms with van der Waals surface area (Å²) >= 11 is 0. The molecule has 0 atom stereocenters. The molecule has 1 heterocycles. The van der Waals surface area contributed by atoms with Gasteiger partial charge in [-0.15, -0.1) is 0 Å². The molecule has 0 saturated heterocycles. The first-order chi connectivity index (χ1) is 12.9. The van der Waals surface area contributed by atoms with Crippen LogP contribution < -0.4 is 15.5 Å². The monoisotopic (exact) mass is 407 g/mol. The molecule has 0 fully saturated rings.